The van der Waals surface area contributed by atoms with Crippen molar-refractivity contribution in [3.05, 3.63) is 59.7 Å². The number of hydrogen-bond acceptors (Lipinski definition) is 2. The van der Waals surface area contributed by atoms with Crippen molar-refractivity contribution in [1.29, 1.82) is 0 Å². The maximum Gasteiger partial charge on any atom is 0.319 e. The molecule has 1 fully saturated rings. The molecule has 2 aromatic rings. The van der Waals surface area contributed by atoms with Gasteiger partial charge in [0.05, 0.1) is 12.6 Å². The van der Waals surface area contributed by atoms with Crippen molar-refractivity contribution in [3.8, 4) is 5.75 Å². The molecule has 1 saturated carbocycles. The average molecular weight is 324 g/mol. The SMILES string of the molecule is COc1ccc(C2(NC(=O)Nc3ccc(C(C)C)cc3)CC2)cc1. The van der Waals surface area contributed by atoms with Crippen molar-refractivity contribution < 1.29 is 9.53 Å². The van der Waals surface area contributed by atoms with Crippen LogP contribution in [0.15, 0.2) is 48.5 Å². The zero-order chi connectivity index (χ0) is 17.2. The first kappa shape index (κ1) is 16.4. The summed E-state index contributed by atoms with van der Waals surface area (Å²) in [5.41, 5.74) is 2.95. The standard InChI is InChI=1S/C20H24N2O2/c1-14(2)15-4-8-17(9-5-15)21-19(23)22-20(12-13-20)16-6-10-18(24-3)11-7-16/h4-11,14H,12-13H2,1-3H3,(H2,21,22,23). The second kappa shape index (κ2) is 6.56. The Morgan fingerprint density at radius 1 is 1.04 bits per heavy atom. The lowest BCUT2D eigenvalue weighted by Crippen LogP contribution is -2.38. The van der Waals surface area contributed by atoms with E-state index in [0.717, 1.165) is 29.8 Å². The molecule has 0 spiro atoms. The van der Waals surface area contributed by atoms with E-state index < -0.39 is 0 Å². The summed E-state index contributed by atoms with van der Waals surface area (Å²) < 4.78 is 5.19. The summed E-state index contributed by atoms with van der Waals surface area (Å²) in [5, 5.41) is 6.04. The van der Waals surface area contributed by atoms with Crippen LogP contribution in [0.3, 0.4) is 0 Å². The summed E-state index contributed by atoms with van der Waals surface area (Å²) in [5.74, 6) is 1.31. The summed E-state index contributed by atoms with van der Waals surface area (Å²) in [7, 11) is 1.65. The Labute approximate surface area is 143 Å². The van der Waals surface area contributed by atoms with Crippen LogP contribution in [0.25, 0.3) is 0 Å². The van der Waals surface area contributed by atoms with Crippen molar-refractivity contribution in [1.82, 2.24) is 5.32 Å². The highest BCUT2D eigenvalue weighted by atomic mass is 16.5. The molecule has 0 aromatic heterocycles. The molecule has 0 radical (unpaired) electrons. The van der Waals surface area contributed by atoms with Crippen LogP contribution in [0.4, 0.5) is 10.5 Å². The van der Waals surface area contributed by atoms with E-state index in [4.69, 9.17) is 4.74 Å². The van der Waals surface area contributed by atoms with Crippen LogP contribution < -0.4 is 15.4 Å². The van der Waals surface area contributed by atoms with Crippen molar-refractivity contribution in [2.45, 2.75) is 38.1 Å². The summed E-state index contributed by atoms with van der Waals surface area (Å²) in [4.78, 5) is 12.3. The summed E-state index contributed by atoms with van der Waals surface area (Å²) in [6.07, 6.45) is 1.91. The number of ether oxygens (including phenoxy) is 1. The third-order valence-electron chi connectivity index (χ3n) is 4.58. The van der Waals surface area contributed by atoms with Gasteiger partial charge in [-0.2, -0.15) is 0 Å². The van der Waals surface area contributed by atoms with Crippen molar-refractivity contribution in [3.63, 3.8) is 0 Å². The van der Waals surface area contributed by atoms with Gasteiger partial charge < -0.3 is 15.4 Å². The molecule has 1 aliphatic rings. The van der Waals surface area contributed by atoms with Crippen molar-refractivity contribution in [2.24, 2.45) is 0 Å². The number of benzene rings is 2. The molecule has 2 amide bonds. The molecule has 0 bridgehead atoms. The molecule has 0 aliphatic heterocycles. The molecule has 4 nitrogen and oxygen atoms in total. The van der Waals surface area contributed by atoms with Gasteiger partial charge in [0, 0.05) is 5.69 Å². The molecule has 4 heteroatoms. The quantitative estimate of drug-likeness (QED) is 0.842. The molecule has 126 valence electrons. The number of anilines is 1. The highest BCUT2D eigenvalue weighted by Crippen LogP contribution is 2.45. The summed E-state index contributed by atoms with van der Waals surface area (Å²) >= 11 is 0. The second-order valence-electron chi connectivity index (χ2n) is 6.67. The number of nitrogens with one attached hydrogen (secondary N) is 2. The van der Waals surface area contributed by atoms with Gasteiger partial charge >= 0.3 is 6.03 Å². The predicted octanol–water partition coefficient (Wildman–Crippen LogP) is 4.63. The van der Waals surface area contributed by atoms with E-state index in [2.05, 4.69) is 36.6 Å². The normalized spacial score (nSPS) is 15.0. The fourth-order valence-electron chi connectivity index (χ4n) is 2.85. The van der Waals surface area contributed by atoms with Gasteiger partial charge in [-0.3, -0.25) is 0 Å². The van der Waals surface area contributed by atoms with Gasteiger partial charge in [-0.25, -0.2) is 4.79 Å². The minimum Gasteiger partial charge on any atom is -0.497 e. The Balaban J connectivity index is 1.63. The van der Waals surface area contributed by atoms with E-state index >= 15 is 0 Å². The van der Waals surface area contributed by atoms with Crippen LogP contribution >= 0.6 is 0 Å². The lowest BCUT2D eigenvalue weighted by atomic mass is 10.0. The fraction of sp³-hybridized carbons (Fsp3) is 0.350. The molecule has 24 heavy (non-hydrogen) atoms. The molecule has 0 atom stereocenters. The smallest absolute Gasteiger partial charge is 0.319 e. The van der Waals surface area contributed by atoms with E-state index in [1.165, 1.54) is 5.56 Å². The first-order valence-corrected chi connectivity index (χ1v) is 8.36. The maximum absolute atomic E-state index is 12.3. The van der Waals surface area contributed by atoms with Gasteiger partial charge in [-0.15, -0.1) is 0 Å². The lowest BCUT2D eigenvalue weighted by Gasteiger charge is -2.19. The number of carbonyl (C=O) groups is 1. The van der Waals surface area contributed by atoms with E-state index in [1.807, 2.05) is 36.4 Å². The van der Waals surface area contributed by atoms with Crippen LogP contribution in [0.5, 0.6) is 5.75 Å². The van der Waals surface area contributed by atoms with Gasteiger partial charge in [-0.1, -0.05) is 38.1 Å². The molecule has 2 aromatic carbocycles. The molecule has 1 aliphatic carbocycles. The highest BCUT2D eigenvalue weighted by Gasteiger charge is 2.45. The first-order chi connectivity index (χ1) is 11.5. The minimum atomic E-state index is -0.242. The van der Waals surface area contributed by atoms with Crippen LogP contribution in [0, 0.1) is 0 Å². The minimum absolute atomic E-state index is 0.166. The number of rotatable bonds is 5. The van der Waals surface area contributed by atoms with Crippen LogP contribution in [0.1, 0.15) is 43.7 Å². The number of methoxy groups -OCH3 is 1. The summed E-state index contributed by atoms with van der Waals surface area (Å²) in [6, 6.07) is 15.7. The van der Waals surface area contributed by atoms with Gasteiger partial charge in [0.1, 0.15) is 5.75 Å². The number of carbonyl (C=O) groups excluding carboxylic acids is 1. The highest BCUT2D eigenvalue weighted by molar-refractivity contribution is 5.90. The van der Waals surface area contributed by atoms with E-state index in [9.17, 15) is 4.79 Å². The Hall–Kier alpha value is -2.49. The number of amides is 2. The summed E-state index contributed by atoms with van der Waals surface area (Å²) in [6.45, 7) is 4.31. The third kappa shape index (κ3) is 3.53. The molecule has 3 rings (SSSR count). The molecular formula is C20H24N2O2. The Morgan fingerprint density at radius 3 is 2.17 bits per heavy atom. The predicted molar refractivity (Wildman–Crippen MR) is 96.6 cm³/mol. The fourth-order valence-corrected chi connectivity index (χ4v) is 2.85. The third-order valence-corrected chi connectivity index (χ3v) is 4.58. The lowest BCUT2D eigenvalue weighted by molar-refractivity contribution is 0.247. The van der Waals surface area contributed by atoms with Crippen LogP contribution in [-0.2, 0) is 5.54 Å². The molecule has 2 N–H and O–H groups in total. The average Bonchev–Trinajstić information content (AvgIpc) is 3.36. The Bertz CT molecular complexity index is 701. The Morgan fingerprint density at radius 2 is 1.67 bits per heavy atom. The second-order valence-corrected chi connectivity index (χ2v) is 6.67. The van der Waals surface area contributed by atoms with Crippen LogP contribution in [0.2, 0.25) is 0 Å². The van der Waals surface area contributed by atoms with E-state index in [-0.39, 0.29) is 11.6 Å². The van der Waals surface area contributed by atoms with Gasteiger partial charge in [0.15, 0.2) is 0 Å². The van der Waals surface area contributed by atoms with Crippen LogP contribution in [-0.4, -0.2) is 13.1 Å². The maximum atomic E-state index is 12.3. The molecule has 0 saturated heterocycles. The van der Waals surface area contributed by atoms with Gasteiger partial charge in [0.25, 0.3) is 0 Å². The van der Waals surface area contributed by atoms with Crippen molar-refractivity contribution >= 4 is 11.7 Å². The largest absolute Gasteiger partial charge is 0.497 e. The number of hydrogen-bond donors (Lipinski definition) is 2. The molecule has 0 unspecified atom stereocenters. The topological polar surface area (TPSA) is 50.4 Å². The van der Waals surface area contributed by atoms with E-state index in [0.29, 0.717) is 5.92 Å². The van der Waals surface area contributed by atoms with E-state index in [1.54, 1.807) is 7.11 Å². The number of urea groups is 1. The monoisotopic (exact) mass is 324 g/mol. The first-order valence-electron chi connectivity index (χ1n) is 8.36. The van der Waals surface area contributed by atoms with Gasteiger partial charge in [-0.05, 0) is 54.2 Å². The molecular weight excluding hydrogens is 300 g/mol. The van der Waals surface area contributed by atoms with Gasteiger partial charge in [0.2, 0.25) is 0 Å². The zero-order valence-electron chi connectivity index (χ0n) is 14.4. The molecule has 0 heterocycles. The zero-order valence-corrected chi connectivity index (χ0v) is 14.4. The van der Waals surface area contributed by atoms with Crippen molar-refractivity contribution in [2.75, 3.05) is 12.4 Å². The Kier molecular flexibility index (Phi) is 4.47.